The lowest BCUT2D eigenvalue weighted by Gasteiger charge is -2.38. The van der Waals surface area contributed by atoms with Crippen LogP contribution in [0.5, 0.6) is 5.75 Å². The fraction of sp³-hybridized carbons (Fsp3) is 0.350. The monoisotopic (exact) mass is 373 g/mol. The lowest BCUT2D eigenvalue weighted by Crippen LogP contribution is -2.52. The molecule has 0 unspecified atom stereocenters. The van der Waals surface area contributed by atoms with Crippen LogP contribution in [0.1, 0.15) is 6.92 Å². The number of hydrogen-bond acceptors (Lipinski definition) is 4. The number of amides is 1. The molecule has 0 radical (unpaired) electrons. The summed E-state index contributed by atoms with van der Waals surface area (Å²) in [5, 5.41) is 3.72. The minimum Gasteiger partial charge on any atom is -0.497 e. The van der Waals surface area contributed by atoms with E-state index in [2.05, 4.69) is 21.2 Å². The van der Waals surface area contributed by atoms with Crippen molar-refractivity contribution in [2.24, 2.45) is 0 Å². The van der Waals surface area contributed by atoms with Crippen LogP contribution >= 0.6 is 11.6 Å². The first-order valence-electron chi connectivity index (χ1n) is 8.76. The molecule has 0 aromatic heterocycles. The molecule has 0 bridgehead atoms. The van der Waals surface area contributed by atoms with Crippen LogP contribution in [-0.4, -0.2) is 50.1 Å². The van der Waals surface area contributed by atoms with E-state index in [1.165, 1.54) is 0 Å². The normalized spacial score (nSPS) is 16.2. The number of nitrogens with one attached hydrogen (secondary N) is 1. The maximum atomic E-state index is 12.5. The summed E-state index contributed by atoms with van der Waals surface area (Å²) in [4.78, 5) is 17.1. The molecular weight excluding hydrogens is 350 g/mol. The highest BCUT2D eigenvalue weighted by molar-refractivity contribution is 6.30. The minimum absolute atomic E-state index is 0.00590. The largest absolute Gasteiger partial charge is 0.497 e. The van der Waals surface area contributed by atoms with Gasteiger partial charge in [-0.15, -0.1) is 0 Å². The van der Waals surface area contributed by atoms with Crippen molar-refractivity contribution >= 4 is 28.9 Å². The van der Waals surface area contributed by atoms with Gasteiger partial charge in [0.25, 0.3) is 0 Å². The standard InChI is InChI=1S/C20H24ClN3O2/c1-15(20(25)22-17-6-8-19(26-2)9-7-17)23-10-12-24(13-11-23)18-5-3-4-16(21)14-18/h3-9,14-15H,10-13H2,1-2H3,(H,22,25)/t15-/m0/s1. The van der Waals surface area contributed by atoms with Gasteiger partial charge in [0.15, 0.2) is 0 Å². The molecule has 1 aliphatic rings. The first-order chi connectivity index (χ1) is 12.6. The fourth-order valence-electron chi connectivity index (χ4n) is 3.13. The predicted molar refractivity (Wildman–Crippen MR) is 106 cm³/mol. The Hall–Kier alpha value is -2.24. The lowest BCUT2D eigenvalue weighted by molar-refractivity contribution is -0.120. The maximum absolute atomic E-state index is 12.5. The number of ether oxygens (including phenoxy) is 1. The van der Waals surface area contributed by atoms with Crippen LogP contribution < -0.4 is 15.0 Å². The number of nitrogens with zero attached hydrogens (tertiary/aromatic N) is 2. The molecule has 3 rings (SSSR count). The van der Waals surface area contributed by atoms with Gasteiger partial charge in [-0.3, -0.25) is 9.69 Å². The van der Waals surface area contributed by atoms with Crippen molar-refractivity contribution in [3.05, 3.63) is 53.6 Å². The van der Waals surface area contributed by atoms with Gasteiger partial charge in [0.05, 0.1) is 13.2 Å². The molecular formula is C20H24ClN3O2. The van der Waals surface area contributed by atoms with Gasteiger partial charge >= 0.3 is 0 Å². The van der Waals surface area contributed by atoms with Gasteiger partial charge in [0.1, 0.15) is 5.75 Å². The summed E-state index contributed by atoms with van der Waals surface area (Å²) >= 11 is 6.08. The molecule has 2 aromatic carbocycles. The fourth-order valence-corrected chi connectivity index (χ4v) is 3.31. The quantitative estimate of drug-likeness (QED) is 0.871. The molecule has 1 atom stereocenters. The van der Waals surface area contributed by atoms with E-state index in [1.54, 1.807) is 7.11 Å². The molecule has 6 heteroatoms. The second-order valence-corrected chi connectivity index (χ2v) is 6.83. The molecule has 1 N–H and O–H groups in total. The summed E-state index contributed by atoms with van der Waals surface area (Å²) in [7, 11) is 1.62. The van der Waals surface area contributed by atoms with Crippen molar-refractivity contribution in [2.45, 2.75) is 13.0 Å². The van der Waals surface area contributed by atoms with Gasteiger partial charge in [0.2, 0.25) is 5.91 Å². The second-order valence-electron chi connectivity index (χ2n) is 6.40. The van der Waals surface area contributed by atoms with Crippen LogP contribution in [0.25, 0.3) is 0 Å². The van der Waals surface area contributed by atoms with Gasteiger partial charge in [0, 0.05) is 42.6 Å². The van der Waals surface area contributed by atoms with Crippen molar-refractivity contribution < 1.29 is 9.53 Å². The Morgan fingerprint density at radius 1 is 1.12 bits per heavy atom. The van der Waals surface area contributed by atoms with Crippen LogP contribution in [0, 0.1) is 0 Å². The van der Waals surface area contributed by atoms with Crippen LogP contribution in [0.2, 0.25) is 5.02 Å². The molecule has 0 saturated carbocycles. The molecule has 1 heterocycles. The number of carbonyl (C=O) groups is 1. The number of rotatable bonds is 5. The van der Waals surface area contributed by atoms with Crippen molar-refractivity contribution in [3.8, 4) is 5.75 Å². The van der Waals surface area contributed by atoms with E-state index in [-0.39, 0.29) is 11.9 Å². The van der Waals surface area contributed by atoms with E-state index in [9.17, 15) is 4.79 Å². The van der Waals surface area contributed by atoms with Crippen LogP contribution in [0.4, 0.5) is 11.4 Å². The maximum Gasteiger partial charge on any atom is 0.241 e. The van der Waals surface area contributed by atoms with Crippen molar-refractivity contribution in [2.75, 3.05) is 43.5 Å². The van der Waals surface area contributed by atoms with E-state index in [1.807, 2.05) is 49.4 Å². The van der Waals surface area contributed by atoms with E-state index < -0.39 is 0 Å². The third-order valence-electron chi connectivity index (χ3n) is 4.77. The average molecular weight is 374 g/mol. The minimum atomic E-state index is -0.182. The van der Waals surface area contributed by atoms with E-state index in [0.29, 0.717) is 0 Å². The molecule has 2 aromatic rings. The topological polar surface area (TPSA) is 44.8 Å². The summed E-state index contributed by atoms with van der Waals surface area (Å²) in [6, 6.07) is 15.1. The molecule has 26 heavy (non-hydrogen) atoms. The first kappa shape index (κ1) is 18.5. The highest BCUT2D eigenvalue weighted by Gasteiger charge is 2.25. The van der Waals surface area contributed by atoms with Crippen LogP contribution in [0.15, 0.2) is 48.5 Å². The second kappa shape index (κ2) is 8.43. The predicted octanol–water partition coefficient (Wildman–Crippen LogP) is 3.50. The van der Waals surface area contributed by atoms with Gasteiger partial charge < -0.3 is 15.0 Å². The summed E-state index contributed by atoms with van der Waals surface area (Å²) in [6.45, 7) is 5.38. The molecule has 1 amide bonds. The molecule has 5 nitrogen and oxygen atoms in total. The van der Waals surface area contributed by atoms with Crippen molar-refractivity contribution in [1.82, 2.24) is 4.90 Å². The Morgan fingerprint density at radius 2 is 1.81 bits per heavy atom. The van der Waals surface area contributed by atoms with Crippen molar-refractivity contribution in [3.63, 3.8) is 0 Å². The molecule has 1 saturated heterocycles. The van der Waals surface area contributed by atoms with E-state index >= 15 is 0 Å². The Morgan fingerprint density at radius 3 is 2.42 bits per heavy atom. The summed E-state index contributed by atoms with van der Waals surface area (Å²) in [5.41, 5.74) is 1.91. The van der Waals surface area contributed by atoms with E-state index in [4.69, 9.17) is 16.3 Å². The third kappa shape index (κ3) is 4.48. The molecule has 138 valence electrons. The number of piperazine rings is 1. The van der Waals surface area contributed by atoms with Crippen LogP contribution in [0.3, 0.4) is 0 Å². The Balaban J connectivity index is 1.53. The molecule has 0 aliphatic carbocycles. The Labute approximate surface area is 159 Å². The zero-order valence-electron chi connectivity index (χ0n) is 15.1. The number of halogens is 1. The molecule has 1 aliphatic heterocycles. The van der Waals surface area contributed by atoms with Gasteiger partial charge in [-0.25, -0.2) is 0 Å². The zero-order chi connectivity index (χ0) is 18.5. The number of methoxy groups -OCH3 is 1. The SMILES string of the molecule is COc1ccc(NC(=O)[C@H](C)N2CCN(c3cccc(Cl)c3)CC2)cc1. The first-order valence-corrected chi connectivity index (χ1v) is 9.14. The number of carbonyl (C=O) groups excluding carboxylic acids is 1. The Kier molecular flexibility index (Phi) is 6.01. The lowest BCUT2D eigenvalue weighted by atomic mass is 10.2. The summed E-state index contributed by atoms with van der Waals surface area (Å²) < 4.78 is 5.14. The zero-order valence-corrected chi connectivity index (χ0v) is 15.9. The summed E-state index contributed by atoms with van der Waals surface area (Å²) in [5.74, 6) is 0.777. The number of benzene rings is 2. The third-order valence-corrected chi connectivity index (χ3v) is 5.01. The molecule has 0 spiro atoms. The van der Waals surface area contributed by atoms with Gasteiger partial charge in [-0.05, 0) is 49.4 Å². The van der Waals surface area contributed by atoms with E-state index in [0.717, 1.165) is 48.3 Å². The summed E-state index contributed by atoms with van der Waals surface area (Å²) in [6.07, 6.45) is 0. The van der Waals surface area contributed by atoms with Gasteiger partial charge in [-0.2, -0.15) is 0 Å². The Bertz CT molecular complexity index is 743. The average Bonchev–Trinajstić information content (AvgIpc) is 2.68. The highest BCUT2D eigenvalue weighted by atomic mass is 35.5. The van der Waals surface area contributed by atoms with Crippen molar-refractivity contribution in [1.29, 1.82) is 0 Å². The number of hydrogen-bond donors (Lipinski definition) is 1. The van der Waals surface area contributed by atoms with Crippen LogP contribution in [-0.2, 0) is 4.79 Å². The number of anilines is 2. The highest BCUT2D eigenvalue weighted by Crippen LogP contribution is 2.21. The smallest absolute Gasteiger partial charge is 0.241 e. The molecule has 1 fully saturated rings. The van der Waals surface area contributed by atoms with Gasteiger partial charge in [-0.1, -0.05) is 17.7 Å².